The molecule has 0 radical (unpaired) electrons. The van der Waals surface area contributed by atoms with Crippen LogP contribution in [-0.2, 0) is 4.79 Å². The zero-order valence-electron chi connectivity index (χ0n) is 17.4. The summed E-state index contributed by atoms with van der Waals surface area (Å²) in [6.45, 7) is 13.1. The maximum Gasteiger partial charge on any atom is 0.116 e. The number of carbonyl (C=O) groups is 1. The highest BCUT2D eigenvalue weighted by molar-refractivity contribution is 5.44. The van der Waals surface area contributed by atoms with E-state index < -0.39 is 0 Å². The SMILES string of the molecule is C=C(CCC)CCCCC1CCCC2CCCCC12.C=CC.CC=O. The molecule has 0 aromatic carbocycles. The van der Waals surface area contributed by atoms with Crippen LogP contribution in [0.1, 0.15) is 104 Å². The number of fused-ring (bicyclic) bond motifs is 1. The minimum atomic E-state index is 0.750. The van der Waals surface area contributed by atoms with Gasteiger partial charge >= 0.3 is 0 Å². The highest BCUT2D eigenvalue weighted by Gasteiger charge is 2.34. The smallest absolute Gasteiger partial charge is 0.116 e. The van der Waals surface area contributed by atoms with Crippen LogP contribution < -0.4 is 0 Å². The number of rotatable bonds is 7. The first-order valence-corrected chi connectivity index (χ1v) is 10.8. The minimum absolute atomic E-state index is 0.750. The van der Waals surface area contributed by atoms with Gasteiger partial charge in [-0.3, -0.25) is 0 Å². The second-order valence-corrected chi connectivity index (χ2v) is 7.79. The number of hydrogen-bond donors (Lipinski definition) is 0. The van der Waals surface area contributed by atoms with Crippen molar-refractivity contribution in [2.45, 2.75) is 104 Å². The van der Waals surface area contributed by atoms with E-state index in [1.807, 2.05) is 6.92 Å². The molecular weight excluding hydrogens is 304 g/mol. The first kappa shape index (κ1) is 24.1. The van der Waals surface area contributed by atoms with Crippen LogP contribution >= 0.6 is 0 Å². The lowest BCUT2D eigenvalue weighted by atomic mass is 9.64. The normalized spacial score (nSPS) is 24.5. The monoisotopic (exact) mass is 348 g/mol. The van der Waals surface area contributed by atoms with E-state index in [1.54, 1.807) is 25.3 Å². The second-order valence-electron chi connectivity index (χ2n) is 7.79. The van der Waals surface area contributed by atoms with Crippen LogP contribution in [0.4, 0.5) is 0 Å². The summed E-state index contributed by atoms with van der Waals surface area (Å²) in [5.41, 5.74) is 1.49. The van der Waals surface area contributed by atoms with E-state index in [0.717, 1.165) is 24.0 Å². The van der Waals surface area contributed by atoms with E-state index in [1.165, 1.54) is 76.7 Å². The Morgan fingerprint density at radius 2 is 1.60 bits per heavy atom. The van der Waals surface area contributed by atoms with Crippen LogP contribution in [0.3, 0.4) is 0 Å². The van der Waals surface area contributed by atoms with E-state index >= 15 is 0 Å². The minimum Gasteiger partial charge on any atom is -0.304 e. The second kappa shape index (κ2) is 16.6. The molecule has 2 fully saturated rings. The predicted molar refractivity (Wildman–Crippen MR) is 113 cm³/mol. The van der Waals surface area contributed by atoms with Gasteiger partial charge in [-0.05, 0) is 57.3 Å². The van der Waals surface area contributed by atoms with Crippen molar-refractivity contribution < 1.29 is 4.79 Å². The molecule has 0 spiro atoms. The van der Waals surface area contributed by atoms with Crippen molar-refractivity contribution in [3.8, 4) is 0 Å². The highest BCUT2D eigenvalue weighted by atomic mass is 16.1. The quantitative estimate of drug-likeness (QED) is 0.259. The van der Waals surface area contributed by atoms with Crippen LogP contribution in [0.2, 0.25) is 0 Å². The standard InChI is InChI=1S/C19H34.C3H6.C2H4O/c1-3-9-16(2)10-4-5-11-17-13-8-14-18-12-6-7-15-19(17)18;1-3-2;1-2-3/h17-19H,2-15H2,1H3;3H,1H2,2H3;2H,1H3. The zero-order valence-corrected chi connectivity index (χ0v) is 17.4. The third-order valence-electron chi connectivity index (χ3n) is 5.68. The fourth-order valence-corrected chi connectivity index (χ4v) is 4.69. The Hall–Kier alpha value is -0.850. The van der Waals surface area contributed by atoms with E-state index in [-0.39, 0.29) is 0 Å². The molecule has 0 saturated heterocycles. The average Bonchev–Trinajstić information content (AvgIpc) is 2.60. The van der Waals surface area contributed by atoms with Gasteiger partial charge < -0.3 is 4.79 Å². The topological polar surface area (TPSA) is 17.1 Å². The van der Waals surface area contributed by atoms with Gasteiger partial charge in [-0.25, -0.2) is 0 Å². The summed E-state index contributed by atoms with van der Waals surface area (Å²) in [6.07, 6.45) is 21.4. The molecule has 0 aromatic heterocycles. The average molecular weight is 349 g/mol. The van der Waals surface area contributed by atoms with Crippen molar-refractivity contribution in [1.82, 2.24) is 0 Å². The van der Waals surface area contributed by atoms with Crippen molar-refractivity contribution in [3.63, 3.8) is 0 Å². The van der Waals surface area contributed by atoms with Gasteiger partial charge in [0.1, 0.15) is 6.29 Å². The lowest BCUT2D eigenvalue weighted by Gasteiger charge is -2.41. The molecule has 0 aliphatic heterocycles. The van der Waals surface area contributed by atoms with Crippen molar-refractivity contribution in [3.05, 3.63) is 24.8 Å². The number of allylic oxidation sites excluding steroid dienone is 2. The molecule has 0 N–H and O–H groups in total. The van der Waals surface area contributed by atoms with Gasteiger partial charge in [0, 0.05) is 0 Å². The molecule has 0 aromatic rings. The summed E-state index contributed by atoms with van der Waals surface area (Å²) in [7, 11) is 0. The highest BCUT2D eigenvalue weighted by Crippen LogP contribution is 2.45. The van der Waals surface area contributed by atoms with Crippen LogP contribution in [-0.4, -0.2) is 6.29 Å². The Labute approximate surface area is 158 Å². The van der Waals surface area contributed by atoms with Gasteiger partial charge in [-0.2, -0.15) is 0 Å². The Balaban J connectivity index is 0.000000844. The largest absolute Gasteiger partial charge is 0.304 e. The summed E-state index contributed by atoms with van der Waals surface area (Å²) in [5, 5.41) is 0. The molecule has 0 amide bonds. The lowest BCUT2D eigenvalue weighted by Crippen LogP contribution is -2.30. The fourth-order valence-electron chi connectivity index (χ4n) is 4.69. The number of aldehydes is 1. The van der Waals surface area contributed by atoms with Crippen molar-refractivity contribution in [1.29, 1.82) is 0 Å². The molecule has 2 rings (SSSR count). The molecule has 1 heteroatoms. The molecule has 3 atom stereocenters. The Morgan fingerprint density at radius 3 is 2.24 bits per heavy atom. The summed E-state index contributed by atoms with van der Waals surface area (Å²) in [6, 6.07) is 0. The molecule has 2 aliphatic rings. The van der Waals surface area contributed by atoms with Crippen LogP contribution in [0.5, 0.6) is 0 Å². The molecular formula is C24H44O. The van der Waals surface area contributed by atoms with Gasteiger partial charge in [0.25, 0.3) is 0 Å². The van der Waals surface area contributed by atoms with Gasteiger partial charge in [0.15, 0.2) is 0 Å². The Morgan fingerprint density at radius 1 is 1.00 bits per heavy atom. The molecule has 3 unspecified atom stereocenters. The number of hydrogen-bond acceptors (Lipinski definition) is 1. The van der Waals surface area contributed by atoms with E-state index in [4.69, 9.17) is 4.79 Å². The van der Waals surface area contributed by atoms with Gasteiger partial charge in [0.05, 0.1) is 0 Å². The molecule has 25 heavy (non-hydrogen) atoms. The number of unbranched alkanes of at least 4 members (excludes halogenated alkanes) is 1. The zero-order chi connectivity index (χ0) is 18.9. The van der Waals surface area contributed by atoms with E-state index in [9.17, 15) is 0 Å². The maximum absolute atomic E-state index is 8.81. The van der Waals surface area contributed by atoms with Crippen molar-refractivity contribution in [2.24, 2.45) is 17.8 Å². The summed E-state index contributed by atoms with van der Waals surface area (Å²) in [4.78, 5) is 8.81. The molecule has 2 saturated carbocycles. The predicted octanol–water partition coefficient (Wildman–Crippen LogP) is 7.91. The van der Waals surface area contributed by atoms with Gasteiger partial charge in [0.2, 0.25) is 0 Å². The first-order valence-electron chi connectivity index (χ1n) is 10.8. The first-order chi connectivity index (χ1) is 12.1. The summed E-state index contributed by atoms with van der Waals surface area (Å²) >= 11 is 0. The molecule has 0 heterocycles. The molecule has 146 valence electrons. The molecule has 0 bridgehead atoms. The Kier molecular flexibility index (Phi) is 16.0. The lowest BCUT2D eigenvalue weighted by molar-refractivity contribution is -0.106. The third kappa shape index (κ3) is 11.4. The van der Waals surface area contributed by atoms with Crippen LogP contribution in [0.15, 0.2) is 24.8 Å². The van der Waals surface area contributed by atoms with Gasteiger partial charge in [-0.1, -0.05) is 82.9 Å². The van der Waals surface area contributed by atoms with E-state index in [2.05, 4.69) is 20.1 Å². The maximum atomic E-state index is 8.81. The Bertz CT molecular complexity index is 336. The summed E-state index contributed by atoms with van der Waals surface area (Å²) < 4.78 is 0. The fraction of sp³-hybridized carbons (Fsp3) is 0.792. The van der Waals surface area contributed by atoms with Crippen LogP contribution in [0, 0.1) is 17.8 Å². The van der Waals surface area contributed by atoms with Crippen molar-refractivity contribution >= 4 is 6.29 Å². The number of carbonyl (C=O) groups excluding carboxylic acids is 1. The van der Waals surface area contributed by atoms with Gasteiger partial charge in [-0.15, -0.1) is 6.58 Å². The summed E-state index contributed by atoms with van der Waals surface area (Å²) in [5.74, 6) is 3.31. The van der Waals surface area contributed by atoms with Crippen LogP contribution in [0.25, 0.3) is 0 Å². The third-order valence-corrected chi connectivity index (χ3v) is 5.68. The molecule has 1 nitrogen and oxygen atoms in total. The molecule has 2 aliphatic carbocycles. The van der Waals surface area contributed by atoms with E-state index in [0.29, 0.717) is 0 Å². The van der Waals surface area contributed by atoms with Crippen molar-refractivity contribution in [2.75, 3.05) is 0 Å².